The van der Waals surface area contributed by atoms with Crippen LogP contribution in [0.15, 0.2) is 42.5 Å². The molecule has 0 radical (unpaired) electrons. The second kappa shape index (κ2) is 7.13. The Balaban J connectivity index is 2.05. The van der Waals surface area contributed by atoms with Crippen LogP contribution in [0.1, 0.15) is 5.56 Å². The molecular formula is C15H11Cl2N3O3. The van der Waals surface area contributed by atoms with Crippen LogP contribution >= 0.6 is 23.2 Å². The lowest BCUT2D eigenvalue weighted by Gasteiger charge is -2.06. The van der Waals surface area contributed by atoms with Crippen molar-refractivity contribution in [1.29, 1.82) is 0 Å². The maximum atomic E-state index is 11.8. The molecule has 0 fully saturated rings. The molecule has 0 unspecified atom stereocenters. The summed E-state index contributed by atoms with van der Waals surface area (Å²) in [6, 6.07) is 8.77. The highest BCUT2D eigenvalue weighted by atomic mass is 35.5. The standard InChI is InChI=1S/C15H11Cl2N3O3/c16-12-7-10(8-13(17)15(12)18)19-14(21)6-3-9-1-4-11(5-2-9)20(22)23/h1-8H,18H2,(H,19,21)/b6-3+. The first kappa shape index (κ1) is 16.8. The summed E-state index contributed by atoms with van der Waals surface area (Å²) in [7, 11) is 0. The number of carbonyl (C=O) groups excluding carboxylic acids is 1. The van der Waals surface area contributed by atoms with E-state index < -0.39 is 10.8 Å². The molecule has 23 heavy (non-hydrogen) atoms. The van der Waals surface area contributed by atoms with Crippen molar-refractivity contribution in [3.8, 4) is 0 Å². The molecule has 0 heterocycles. The number of nitrogens with zero attached hydrogens (tertiary/aromatic N) is 1. The van der Waals surface area contributed by atoms with Crippen LogP contribution in [-0.4, -0.2) is 10.8 Å². The molecule has 2 rings (SSSR count). The minimum Gasteiger partial charge on any atom is -0.396 e. The number of halogens is 2. The maximum absolute atomic E-state index is 11.8. The van der Waals surface area contributed by atoms with Gasteiger partial charge in [-0.3, -0.25) is 14.9 Å². The number of hydrogen-bond acceptors (Lipinski definition) is 4. The highest BCUT2D eigenvalue weighted by Gasteiger charge is 2.07. The van der Waals surface area contributed by atoms with E-state index in [0.29, 0.717) is 11.3 Å². The Morgan fingerprint density at radius 1 is 1.17 bits per heavy atom. The van der Waals surface area contributed by atoms with E-state index in [-0.39, 0.29) is 21.4 Å². The van der Waals surface area contributed by atoms with Gasteiger partial charge >= 0.3 is 0 Å². The van der Waals surface area contributed by atoms with Crippen molar-refractivity contribution in [1.82, 2.24) is 0 Å². The van der Waals surface area contributed by atoms with Crippen LogP contribution < -0.4 is 11.1 Å². The summed E-state index contributed by atoms with van der Waals surface area (Å²) in [4.78, 5) is 21.9. The van der Waals surface area contributed by atoms with Crippen molar-refractivity contribution >= 4 is 52.2 Å². The molecule has 2 aromatic carbocycles. The average molecular weight is 352 g/mol. The van der Waals surface area contributed by atoms with Crippen molar-refractivity contribution in [2.24, 2.45) is 0 Å². The summed E-state index contributed by atoms with van der Waals surface area (Å²) >= 11 is 11.8. The van der Waals surface area contributed by atoms with E-state index in [1.165, 1.54) is 36.4 Å². The van der Waals surface area contributed by atoms with Gasteiger partial charge in [0.15, 0.2) is 0 Å². The quantitative estimate of drug-likeness (QED) is 0.374. The number of nitrogens with one attached hydrogen (secondary N) is 1. The van der Waals surface area contributed by atoms with Gasteiger partial charge in [-0.05, 0) is 35.9 Å². The number of non-ortho nitro benzene ring substituents is 1. The van der Waals surface area contributed by atoms with Gasteiger partial charge in [0.05, 0.1) is 20.7 Å². The van der Waals surface area contributed by atoms with Crippen molar-refractivity contribution < 1.29 is 9.72 Å². The summed E-state index contributed by atoms with van der Waals surface area (Å²) in [6.45, 7) is 0. The Labute approximate surface area is 141 Å². The van der Waals surface area contributed by atoms with Gasteiger partial charge < -0.3 is 11.1 Å². The van der Waals surface area contributed by atoms with E-state index in [0.717, 1.165) is 0 Å². The van der Waals surface area contributed by atoms with Crippen LogP contribution in [-0.2, 0) is 4.79 Å². The maximum Gasteiger partial charge on any atom is 0.269 e. The Bertz CT molecular complexity index is 766. The zero-order valence-corrected chi connectivity index (χ0v) is 13.1. The van der Waals surface area contributed by atoms with Crippen LogP contribution in [0.5, 0.6) is 0 Å². The first-order chi connectivity index (χ1) is 10.9. The summed E-state index contributed by atoms with van der Waals surface area (Å²) in [5.41, 5.74) is 6.90. The number of carbonyl (C=O) groups is 1. The van der Waals surface area contributed by atoms with E-state index >= 15 is 0 Å². The Morgan fingerprint density at radius 2 is 1.74 bits per heavy atom. The number of amides is 1. The summed E-state index contributed by atoms with van der Waals surface area (Å²) in [6.07, 6.45) is 2.82. The molecule has 2 aromatic rings. The molecule has 0 aliphatic heterocycles. The molecule has 3 N–H and O–H groups in total. The zero-order chi connectivity index (χ0) is 17.0. The first-order valence-electron chi connectivity index (χ1n) is 6.35. The molecule has 0 atom stereocenters. The van der Waals surface area contributed by atoms with Crippen LogP contribution in [0.25, 0.3) is 6.08 Å². The number of nitro groups is 1. The van der Waals surface area contributed by atoms with Crippen LogP contribution in [0.4, 0.5) is 17.1 Å². The third-order valence-electron chi connectivity index (χ3n) is 2.88. The minimum absolute atomic E-state index is 0.0160. The number of nitrogen functional groups attached to an aromatic ring is 1. The molecule has 0 saturated heterocycles. The van der Waals surface area contributed by atoms with Gasteiger partial charge in [-0.1, -0.05) is 23.2 Å². The molecule has 0 saturated carbocycles. The smallest absolute Gasteiger partial charge is 0.269 e. The predicted octanol–water partition coefficient (Wildman–Crippen LogP) is 4.14. The topological polar surface area (TPSA) is 98.3 Å². The Kier molecular flexibility index (Phi) is 5.20. The number of benzene rings is 2. The van der Waals surface area contributed by atoms with Crippen LogP contribution in [0.3, 0.4) is 0 Å². The molecule has 118 valence electrons. The fourth-order valence-corrected chi connectivity index (χ4v) is 2.21. The van der Waals surface area contributed by atoms with Gasteiger partial charge in [0.2, 0.25) is 5.91 Å². The van der Waals surface area contributed by atoms with Gasteiger partial charge in [0.1, 0.15) is 0 Å². The summed E-state index contributed by atoms with van der Waals surface area (Å²) < 4.78 is 0. The van der Waals surface area contributed by atoms with Gasteiger partial charge in [0, 0.05) is 23.9 Å². The lowest BCUT2D eigenvalue weighted by molar-refractivity contribution is -0.384. The van der Waals surface area contributed by atoms with E-state index in [4.69, 9.17) is 28.9 Å². The van der Waals surface area contributed by atoms with Crippen LogP contribution in [0.2, 0.25) is 10.0 Å². The number of rotatable bonds is 4. The molecule has 8 heteroatoms. The second-order valence-corrected chi connectivity index (χ2v) is 5.34. The monoisotopic (exact) mass is 351 g/mol. The van der Waals surface area contributed by atoms with E-state index in [2.05, 4.69) is 5.32 Å². The van der Waals surface area contributed by atoms with E-state index in [1.54, 1.807) is 12.1 Å². The zero-order valence-electron chi connectivity index (χ0n) is 11.6. The Morgan fingerprint density at radius 3 is 2.26 bits per heavy atom. The molecule has 0 aliphatic carbocycles. The van der Waals surface area contributed by atoms with Crippen molar-refractivity contribution in [3.05, 3.63) is 68.2 Å². The molecule has 0 aliphatic rings. The molecular weight excluding hydrogens is 341 g/mol. The molecule has 0 bridgehead atoms. The highest BCUT2D eigenvalue weighted by molar-refractivity contribution is 6.39. The molecule has 6 nitrogen and oxygen atoms in total. The largest absolute Gasteiger partial charge is 0.396 e. The lowest BCUT2D eigenvalue weighted by atomic mass is 10.2. The number of anilines is 2. The number of nitro benzene ring substituents is 1. The average Bonchev–Trinajstić information content (AvgIpc) is 2.51. The fraction of sp³-hybridized carbons (Fsp3) is 0. The van der Waals surface area contributed by atoms with Crippen molar-refractivity contribution in [2.45, 2.75) is 0 Å². The molecule has 0 aromatic heterocycles. The number of nitrogens with two attached hydrogens (primary N) is 1. The molecule has 0 spiro atoms. The van der Waals surface area contributed by atoms with Gasteiger partial charge in [-0.25, -0.2) is 0 Å². The number of hydrogen-bond donors (Lipinski definition) is 2. The SMILES string of the molecule is Nc1c(Cl)cc(NC(=O)/C=C/c2ccc([N+](=O)[O-])cc2)cc1Cl. The van der Waals surface area contributed by atoms with Crippen molar-refractivity contribution in [2.75, 3.05) is 11.1 Å². The minimum atomic E-state index is -0.491. The predicted molar refractivity (Wildman–Crippen MR) is 91.6 cm³/mol. The third kappa shape index (κ3) is 4.45. The highest BCUT2D eigenvalue weighted by Crippen LogP contribution is 2.31. The van der Waals surface area contributed by atoms with Gasteiger partial charge in [0.25, 0.3) is 5.69 Å². The third-order valence-corrected chi connectivity index (χ3v) is 3.50. The van der Waals surface area contributed by atoms with Crippen molar-refractivity contribution in [3.63, 3.8) is 0 Å². The second-order valence-electron chi connectivity index (χ2n) is 4.52. The van der Waals surface area contributed by atoms with E-state index in [1.807, 2.05) is 0 Å². The lowest BCUT2D eigenvalue weighted by Crippen LogP contribution is -2.08. The van der Waals surface area contributed by atoms with Crippen LogP contribution in [0, 0.1) is 10.1 Å². The normalized spacial score (nSPS) is 10.7. The Hall–Kier alpha value is -2.57. The summed E-state index contributed by atoms with van der Waals surface area (Å²) in [5, 5.41) is 13.6. The molecule has 1 amide bonds. The van der Waals surface area contributed by atoms with Gasteiger partial charge in [-0.2, -0.15) is 0 Å². The first-order valence-corrected chi connectivity index (χ1v) is 7.10. The van der Waals surface area contributed by atoms with Gasteiger partial charge in [-0.15, -0.1) is 0 Å². The fourth-order valence-electron chi connectivity index (χ4n) is 1.72. The van der Waals surface area contributed by atoms with E-state index in [9.17, 15) is 14.9 Å². The summed E-state index contributed by atoms with van der Waals surface area (Å²) in [5.74, 6) is -0.403.